The lowest BCUT2D eigenvalue weighted by Gasteiger charge is -2.13. The van der Waals surface area contributed by atoms with Gasteiger partial charge in [-0.05, 0) is 19.4 Å². The molecule has 84 valence electrons. The van der Waals surface area contributed by atoms with Crippen molar-refractivity contribution < 1.29 is 4.79 Å². The highest BCUT2D eigenvalue weighted by Gasteiger charge is 2.32. The van der Waals surface area contributed by atoms with Crippen LogP contribution in [0.5, 0.6) is 0 Å². The lowest BCUT2D eigenvalue weighted by Crippen LogP contribution is -2.24. The fourth-order valence-corrected chi connectivity index (χ4v) is 3.49. The van der Waals surface area contributed by atoms with Crippen LogP contribution in [0.25, 0.3) is 0 Å². The van der Waals surface area contributed by atoms with Gasteiger partial charge in [0.05, 0.1) is 5.56 Å². The van der Waals surface area contributed by atoms with Gasteiger partial charge in [-0.25, -0.2) is 0 Å². The normalized spacial score (nSPS) is 20.2. The summed E-state index contributed by atoms with van der Waals surface area (Å²) in [6.07, 6.45) is 0.515. The van der Waals surface area contributed by atoms with Crippen molar-refractivity contribution in [1.82, 2.24) is 0 Å². The monoisotopic (exact) mass is 298 g/mol. The van der Waals surface area contributed by atoms with E-state index >= 15 is 0 Å². The number of halogens is 1. The molecule has 1 aromatic rings. The van der Waals surface area contributed by atoms with Gasteiger partial charge in [-0.1, -0.05) is 15.9 Å². The largest absolute Gasteiger partial charge is 0.302 e. The molecule has 0 bridgehead atoms. The average Bonchev–Trinajstić information content (AvgIpc) is 2.69. The molecule has 0 saturated carbocycles. The summed E-state index contributed by atoms with van der Waals surface area (Å²) in [4.78, 5) is 14.8. The zero-order valence-corrected chi connectivity index (χ0v) is 11.5. The van der Waals surface area contributed by atoms with Crippen LogP contribution in [0, 0.1) is 25.2 Å². The van der Waals surface area contributed by atoms with Crippen molar-refractivity contribution in [2.24, 2.45) is 0 Å². The minimum atomic E-state index is 0.0969. The first kappa shape index (κ1) is 11.6. The fraction of sp³-hybridized carbons (Fsp3) is 0.455. The van der Waals surface area contributed by atoms with E-state index in [1.807, 2.05) is 13.8 Å². The van der Waals surface area contributed by atoms with Crippen LogP contribution in [-0.4, -0.2) is 17.3 Å². The molecular weight excluding hydrogens is 288 g/mol. The van der Waals surface area contributed by atoms with Crippen molar-refractivity contribution in [2.75, 3.05) is 11.4 Å². The Kier molecular flexibility index (Phi) is 3.04. The number of hydrogen-bond donors (Lipinski definition) is 0. The van der Waals surface area contributed by atoms with E-state index in [0.29, 0.717) is 18.5 Å². The third-order valence-corrected chi connectivity index (χ3v) is 4.65. The zero-order chi connectivity index (χ0) is 11.9. The van der Waals surface area contributed by atoms with Gasteiger partial charge in [0.15, 0.2) is 0 Å². The number of nitriles is 1. The van der Waals surface area contributed by atoms with Gasteiger partial charge in [0.2, 0.25) is 5.91 Å². The quantitative estimate of drug-likeness (QED) is 0.748. The molecule has 0 aromatic carbocycles. The smallest absolute Gasteiger partial charge is 0.228 e. The second-order valence-electron chi connectivity index (χ2n) is 3.88. The van der Waals surface area contributed by atoms with Crippen LogP contribution in [0.1, 0.15) is 22.4 Å². The van der Waals surface area contributed by atoms with Gasteiger partial charge in [0, 0.05) is 22.7 Å². The summed E-state index contributed by atoms with van der Waals surface area (Å²) in [6, 6.07) is 2.20. The number of alkyl halides is 1. The summed E-state index contributed by atoms with van der Waals surface area (Å²) in [5.74, 6) is 0.0969. The Morgan fingerprint density at radius 1 is 1.56 bits per heavy atom. The standard InChI is InChI=1S/C11H11BrN2OS/c1-6-7(2)16-11(9(6)4-13)14-5-8(12)3-10(14)15/h8H,3,5H2,1-2H3. The first-order valence-electron chi connectivity index (χ1n) is 4.99. The molecule has 2 rings (SSSR count). The molecule has 1 fully saturated rings. The summed E-state index contributed by atoms with van der Waals surface area (Å²) in [5, 5.41) is 9.94. The van der Waals surface area contributed by atoms with Gasteiger partial charge in [-0.2, -0.15) is 5.26 Å². The van der Waals surface area contributed by atoms with Gasteiger partial charge >= 0.3 is 0 Å². The number of aryl methyl sites for hydroxylation is 1. The van der Waals surface area contributed by atoms with E-state index in [1.54, 1.807) is 4.90 Å². The lowest BCUT2D eigenvalue weighted by molar-refractivity contribution is -0.116. The highest BCUT2D eigenvalue weighted by atomic mass is 79.9. The van der Waals surface area contributed by atoms with Crippen molar-refractivity contribution in [1.29, 1.82) is 5.26 Å². The third-order valence-electron chi connectivity index (χ3n) is 2.80. The molecule has 0 radical (unpaired) electrons. The van der Waals surface area contributed by atoms with Crippen molar-refractivity contribution in [3.8, 4) is 6.07 Å². The second kappa shape index (κ2) is 4.19. The van der Waals surface area contributed by atoms with Crippen LogP contribution in [0.15, 0.2) is 0 Å². The van der Waals surface area contributed by atoms with E-state index in [1.165, 1.54) is 11.3 Å². The summed E-state index contributed by atoms with van der Waals surface area (Å²) in [6.45, 7) is 4.57. The van der Waals surface area contributed by atoms with Crippen LogP contribution >= 0.6 is 27.3 Å². The van der Waals surface area contributed by atoms with Crippen LogP contribution < -0.4 is 4.90 Å². The topological polar surface area (TPSA) is 44.1 Å². The third kappa shape index (κ3) is 1.76. The molecular formula is C11H11BrN2OS. The lowest BCUT2D eigenvalue weighted by atomic mass is 10.2. The summed E-state index contributed by atoms with van der Waals surface area (Å²) in [5.41, 5.74) is 1.64. The van der Waals surface area contributed by atoms with Crippen molar-refractivity contribution >= 4 is 38.2 Å². The fourth-order valence-electron chi connectivity index (χ4n) is 1.79. The molecule has 1 aliphatic heterocycles. The zero-order valence-electron chi connectivity index (χ0n) is 9.08. The van der Waals surface area contributed by atoms with Crippen LogP contribution in [-0.2, 0) is 4.79 Å². The van der Waals surface area contributed by atoms with E-state index in [9.17, 15) is 4.79 Å². The van der Waals surface area contributed by atoms with Crippen LogP contribution in [0.4, 0.5) is 5.00 Å². The van der Waals surface area contributed by atoms with Gasteiger partial charge in [0.25, 0.3) is 0 Å². The molecule has 0 spiro atoms. The Morgan fingerprint density at radius 2 is 2.25 bits per heavy atom. The van der Waals surface area contributed by atoms with Gasteiger partial charge in [-0.15, -0.1) is 11.3 Å². The van der Waals surface area contributed by atoms with Crippen LogP contribution in [0.2, 0.25) is 0 Å². The summed E-state index contributed by atoms with van der Waals surface area (Å²) >= 11 is 4.98. The van der Waals surface area contributed by atoms with Crippen molar-refractivity contribution in [3.63, 3.8) is 0 Å². The predicted molar refractivity (Wildman–Crippen MR) is 68.2 cm³/mol. The number of carbonyl (C=O) groups excluding carboxylic acids is 1. The number of thiophene rings is 1. The van der Waals surface area contributed by atoms with E-state index in [2.05, 4.69) is 22.0 Å². The first-order chi connectivity index (χ1) is 7.54. The van der Waals surface area contributed by atoms with Gasteiger partial charge < -0.3 is 4.90 Å². The summed E-state index contributed by atoms with van der Waals surface area (Å²) < 4.78 is 0. The van der Waals surface area contributed by atoms with Crippen LogP contribution in [0.3, 0.4) is 0 Å². The van der Waals surface area contributed by atoms with E-state index in [4.69, 9.17) is 5.26 Å². The first-order valence-corrected chi connectivity index (χ1v) is 6.72. The highest BCUT2D eigenvalue weighted by molar-refractivity contribution is 9.09. The molecule has 1 amide bonds. The molecule has 1 atom stereocenters. The Morgan fingerprint density at radius 3 is 2.75 bits per heavy atom. The van der Waals surface area contributed by atoms with E-state index < -0.39 is 0 Å². The number of rotatable bonds is 1. The van der Waals surface area contributed by atoms with Gasteiger partial charge in [-0.3, -0.25) is 4.79 Å². The molecule has 2 heterocycles. The Bertz CT molecular complexity index is 489. The van der Waals surface area contributed by atoms with Crippen molar-refractivity contribution in [3.05, 3.63) is 16.0 Å². The number of nitrogens with zero attached hydrogens (tertiary/aromatic N) is 2. The molecule has 5 heteroatoms. The average molecular weight is 299 g/mol. The molecule has 1 aromatic heterocycles. The Labute approximate surface area is 107 Å². The summed E-state index contributed by atoms with van der Waals surface area (Å²) in [7, 11) is 0. The molecule has 1 unspecified atom stereocenters. The number of carbonyl (C=O) groups is 1. The highest BCUT2D eigenvalue weighted by Crippen LogP contribution is 2.37. The Balaban J connectivity index is 2.46. The molecule has 1 saturated heterocycles. The maximum atomic E-state index is 11.8. The maximum absolute atomic E-state index is 11.8. The van der Waals surface area contributed by atoms with E-state index in [-0.39, 0.29) is 10.7 Å². The SMILES string of the molecule is Cc1sc(N2CC(Br)CC2=O)c(C#N)c1C. The molecule has 16 heavy (non-hydrogen) atoms. The van der Waals surface area contributed by atoms with Gasteiger partial charge in [0.1, 0.15) is 11.1 Å². The van der Waals surface area contributed by atoms with Crippen molar-refractivity contribution in [2.45, 2.75) is 25.1 Å². The molecule has 0 aliphatic carbocycles. The maximum Gasteiger partial charge on any atom is 0.228 e. The molecule has 0 N–H and O–H groups in total. The minimum absolute atomic E-state index is 0.0969. The van der Waals surface area contributed by atoms with E-state index in [0.717, 1.165) is 15.4 Å². The second-order valence-corrected chi connectivity index (χ2v) is 6.38. The number of hydrogen-bond acceptors (Lipinski definition) is 3. The Hall–Kier alpha value is -0.860. The number of amides is 1. The molecule has 1 aliphatic rings. The number of anilines is 1. The minimum Gasteiger partial charge on any atom is -0.302 e. The predicted octanol–water partition coefficient (Wildman–Crippen LogP) is 2.74. The molecule has 3 nitrogen and oxygen atoms in total.